The Labute approximate surface area is 175 Å². The van der Waals surface area contributed by atoms with Gasteiger partial charge in [-0.15, -0.1) is 11.3 Å². The predicted octanol–water partition coefficient (Wildman–Crippen LogP) is 3.51. The van der Waals surface area contributed by atoms with Crippen molar-refractivity contribution < 1.29 is 27.0 Å². The largest absolute Gasteiger partial charge is 0.467 e. The Morgan fingerprint density at radius 1 is 1.27 bits per heavy atom. The van der Waals surface area contributed by atoms with Crippen LogP contribution in [0.25, 0.3) is 0 Å². The minimum absolute atomic E-state index is 0.135. The van der Waals surface area contributed by atoms with E-state index in [4.69, 9.17) is 9.47 Å². The highest BCUT2D eigenvalue weighted by molar-refractivity contribution is 7.09. The number of thiazole rings is 1. The van der Waals surface area contributed by atoms with Gasteiger partial charge < -0.3 is 20.1 Å². The Bertz CT molecular complexity index is 886. The molecule has 1 aromatic carbocycles. The maximum absolute atomic E-state index is 13.8. The summed E-state index contributed by atoms with van der Waals surface area (Å²) in [7, 11) is 0. The zero-order valence-electron chi connectivity index (χ0n) is 16.3. The lowest BCUT2D eigenvalue weighted by molar-refractivity contribution is -0.140. The highest BCUT2D eigenvalue weighted by Gasteiger charge is 2.33. The van der Waals surface area contributed by atoms with Crippen LogP contribution in [0.1, 0.15) is 28.8 Å². The summed E-state index contributed by atoms with van der Waals surface area (Å²) in [6, 6.07) is 2.84. The van der Waals surface area contributed by atoms with E-state index in [0.29, 0.717) is 54.8 Å². The SMILES string of the molecule is CCNC(=NCCc1nc(C(F)(F)F)cs1)NCCc1cc(F)cc2c1OCOC2. The summed E-state index contributed by atoms with van der Waals surface area (Å²) in [5.41, 5.74) is 0.542. The second kappa shape index (κ2) is 10.1. The monoisotopic (exact) mass is 446 g/mol. The number of fused-ring (bicyclic) bond motifs is 1. The third-order valence-electron chi connectivity index (χ3n) is 4.22. The van der Waals surface area contributed by atoms with Crippen LogP contribution in [0.2, 0.25) is 0 Å². The lowest BCUT2D eigenvalue weighted by atomic mass is 10.1. The van der Waals surface area contributed by atoms with Crippen molar-refractivity contribution in [3.05, 3.63) is 45.2 Å². The molecule has 0 aliphatic carbocycles. The van der Waals surface area contributed by atoms with Gasteiger partial charge in [0.05, 0.1) is 11.6 Å². The average molecular weight is 446 g/mol. The molecule has 0 bridgehead atoms. The molecule has 1 aromatic heterocycles. The Hall–Kier alpha value is -2.40. The Morgan fingerprint density at radius 3 is 2.83 bits per heavy atom. The van der Waals surface area contributed by atoms with Crippen LogP contribution in [-0.2, 0) is 30.4 Å². The first-order valence-electron chi connectivity index (χ1n) is 9.42. The van der Waals surface area contributed by atoms with Gasteiger partial charge in [0.2, 0.25) is 0 Å². The molecule has 2 aromatic rings. The van der Waals surface area contributed by atoms with Gasteiger partial charge in [0, 0.05) is 37.0 Å². The first-order chi connectivity index (χ1) is 14.4. The molecule has 0 radical (unpaired) electrons. The molecular weight excluding hydrogens is 424 g/mol. The van der Waals surface area contributed by atoms with E-state index in [1.807, 2.05) is 6.92 Å². The third-order valence-corrected chi connectivity index (χ3v) is 5.13. The number of alkyl halides is 3. The van der Waals surface area contributed by atoms with Crippen molar-refractivity contribution in [2.24, 2.45) is 4.99 Å². The van der Waals surface area contributed by atoms with Crippen LogP contribution in [0, 0.1) is 5.82 Å². The lowest BCUT2D eigenvalue weighted by Crippen LogP contribution is -2.38. The number of nitrogens with one attached hydrogen (secondary N) is 2. The van der Waals surface area contributed by atoms with Gasteiger partial charge in [0.25, 0.3) is 0 Å². The van der Waals surface area contributed by atoms with E-state index in [1.54, 1.807) is 0 Å². The molecule has 0 fully saturated rings. The second-order valence-corrected chi connectivity index (χ2v) is 7.42. The number of nitrogens with zero attached hydrogens (tertiary/aromatic N) is 2. The maximum Gasteiger partial charge on any atom is 0.434 e. The minimum atomic E-state index is -4.43. The van der Waals surface area contributed by atoms with Crippen LogP contribution >= 0.6 is 11.3 Å². The fourth-order valence-corrected chi connectivity index (χ4v) is 3.71. The summed E-state index contributed by atoms with van der Waals surface area (Å²) >= 11 is 0.970. The third kappa shape index (κ3) is 6.05. The predicted molar refractivity (Wildman–Crippen MR) is 105 cm³/mol. The molecule has 0 unspecified atom stereocenters. The van der Waals surface area contributed by atoms with E-state index in [9.17, 15) is 17.6 Å². The van der Waals surface area contributed by atoms with Crippen molar-refractivity contribution >= 4 is 17.3 Å². The zero-order valence-corrected chi connectivity index (χ0v) is 17.1. The topological polar surface area (TPSA) is 67.8 Å². The number of rotatable bonds is 7. The summed E-state index contributed by atoms with van der Waals surface area (Å²) in [5.74, 6) is 0.829. The van der Waals surface area contributed by atoms with Gasteiger partial charge in [-0.25, -0.2) is 9.37 Å². The van der Waals surface area contributed by atoms with Gasteiger partial charge >= 0.3 is 6.18 Å². The van der Waals surface area contributed by atoms with Crippen molar-refractivity contribution in [2.45, 2.75) is 32.5 Å². The standard InChI is InChI=1S/C19H22F4N4O2S/c1-2-24-18(26-6-4-16-27-15(10-30-16)19(21,22)23)25-5-3-12-7-14(20)8-13-9-28-11-29-17(12)13/h7-8,10H,2-6,9,11H2,1H3,(H2,24,25,26). The van der Waals surface area contributed by atoms with Gasteiger partial charge in [-0.3, -0.25) is 4.99 Å². The second-order valence-electron chi connectivity index (χ2n) is 6.48. The Balaban J connectivity index is 1.54. The van der Waals surface area contributed by atoms with E-state index in [1.165, 1.54) is 12.1 Å². The lowest BCUT2D eigenvalue weighted by Gasteiger charge is -2.21. The van der Waals surface area contributed by atoms with Gasteiger partial charge in [0.1, 0.15) is 11.6 Å². The van der Waals surface area contributed by atoms with Crippen LogP contribution in [0.4, 0.5) is 17.6 Å². The molecule has 1 aliphatic heterocycles. The fourth-order valence-electron chi connectivity index (χ4n) is 2.92. The van der Waals surface area contributed by atoms with E-state index < -0.39 is 11.9 Å². The van der Waals surface area contributed by atoms with Crippen LogP contribution in [-0.4, -0.2) is 37.4 Å². The Kier molecular flexibility index (Phi) is 7.48. The van der Waals surface area contributed by atoms with Crippen molar-refractivity contribution in [2.75, 3.05) is 26.4 Å². The zero-order chi connectivity index (χ0) is 21.6. The molecule has 6 nitrogen and oxygen atoms in total. The number of halogens is 4. The molecular formula is C19H22F4N4O2S. The van der Waals surface area contributed by atoms with Crippen molar-refractivity contribution in [1.82, 2.24) is 15.6 Å². The number of aromatic nitrogens is 1. The molecule has 0 spiro atoms. The van der Waals surface area contributed by atoms with Crippen LogP contribution in [0.15, 0.2) is 22.5 Å². The summed E-state index contributed by atoms with van der Waals surface area (Å²) < 4.78 is 62.4. The first kappa shape index (κ1) is 22.3. The normalized spacial score (nSPS) is 14.2. The van der Waals surface area contributed by atoms with Gasteiger partial charge in [0.15, 0.2) is 18.4 Å². The van der Waals surface area contributed by atoms with Gasteiger partial charge in [-0.1, -0.05) is 0 Å². The number of hydrogen-bond donors (Lipinski definition) is 2. The van der Waals surface area contributed by atoms with Crippen molar-refractivity contribution in [3.63, 3.8) is 0 Å². The molecule has 11 heteroatoms. The molecule has 3 rings (SSSR count). The molecule has 0 saturated carbocycles. The number of guanidine groups is 1. The quantitative estimate of drug-likeness (QED) is 0.387. The molecule has 30 heavy (non-hydrogen) atoms. The van der Waals surface area contributed by atoms with Gasteiger partial charge in [-0.05, 0) is 31.0 Å². The van der Waals surface area contributed by atoms with E-state index in [2.05, 4.69) is 20.6 Å². The number of ether oxygens (including phenoxy) is 2. The molecule has 0 amide bonds. The summed E-state index contributed by atoms with van der Waals surface area (Å²) in [6.07, 6.45) is -3.62. The summed E-state index contributed by atoms with van der Waals surface area (Å²) in [6.45, 7) is 3.74. The summed E-state index contributed by atoms with van der Waals surface area (Å²) in [5, 5.41) is 7.61. The minimum Gasteiger partial charge on any atom is -0.467 e. The molecule has 1 aliphatic rings. The first-order valence-corrected chi connectivity index (χ1v) is 10.3. The van der Waals surface area contributed by atoms with E-state index in [-0.39, 0.29) is 19.2 Å². The maximum atomic E-state index is 13.8. The van der Waals surface area contributed by atoms with E-state index in [0.717, 1.165) is 22.3 Å². The number of aliphatic imine (C=N–C) groups is 1. The summed E-state index contributed by atoms with van der Waals surface area (Å²) in [4.78, 5) is 7.97. The highest BCUT2D eigenvalue weighted by Crippen LogP contribution is 2.30. The Morgan fingerprint density at radius 2 is 2.10 bits per heavy atom. The van der Waals surface area contributed by atoms with Gasteiger partial charge in [-0.2, -0.15) is 13.2 Å². The molecule has 0 atom stereocenters. The van der Waals surface area contributed by atoms with Crippen molar-refractivity contribution in [1.29, 1.82) is 0 Å². The van der Waals surface area contributed by atoms with Crippen LogP contribution in [0.3, 0.4) is 0 Å². The van der Waals surface area contributed by atoms with E-state index >= 15 is 0 Å². The number of benzene rings is 1. The number of hydrogen-bond acceptors (Lipinski definition) is 5. The highest BCUT2D eigenvalue weighted by atomic mass is 32.1. The van der Waals surface area contributed by atoms with Crippen molar-refractivity contribution in [3.8, 4) is 5.75 Å². The average Bonchev–Trinajstić information content (AvgIpc) is 3.17. The smallest absolute Gasteiger partial charge is 0.434 e. The fraction of sp³-hybridized carbons (Fsp3) is 0.474. The molecule has 0 saturated heterocycles. The van der Waals surface area contributed by atoms with Crippen LogP contribution < -0.4 is 15.4 Å². The molecule has 2 N–H and O–H groups in total. The molecule has 164 valence electrons. The van der Waals surface area contributed by atoms with Crippen LogP contribution in [0.5, 0.6) is 5.75 Å². The molecule has 2 heterocycles.